The van der Waals surface area contributed by atoms with E-state index >= 15 is 0 Å². The summed E-state index contributed by atoms with van der Waals surface area (Å²) in [5, 5.41) is 9.26. The second-order valence-corrected chi connectivity index (χ2v) is 16.4. The van der Waals surface area contributed by atoms with Crippen LogP contribution in [0, 0.1) is 0 Å². The van der Waals surface area contributed by atoms with Crippen LogP contribution in [0.15, 0.2) is 224 Å². The first-order chi connectivity index (χ1) is 31.7. The smallest absolute Gasteiger partial charge is 0.166 e. The number of para-hydroxylation sites is 4. The SMILES string of the molecule is c1ccc(-c2ccc(-c3nc(-c4c(-n5c6ccccc6c6cc7ccccc7cc65)ccc5ccccc45)nc(-c4cccc5c6ccccc6n(-c6ccccc6)c45)n3)cc2)cc1. The van der Waals surface area contributed by atoms with Crippen LogP contribution in [0.4, 0.5) is 0 Å². The van der Waals surface area contributed by atoms with Crippen LogP contribution in [0.2, 0.25) is 0 Å². The van der Waals surface area contributed by atoms with E-state index in [1.165, 1.54) is 26.9 Å². The van der Waals surface area contributed by atoms with Crippen molar-refractivity contribution in [1.82, 2.24) is 24.1 Å². The molecule has 0 saturated heterocycles. The van der Waals surface area contributed by atoms with Gasteiger partial charge in [-0.05, 0) is 81.2 Å². The molecule has 0 atom stereocenters. The predicted molar refractivity (Wildman–Crippen MR) is 265 cm³/mol. The minimum Gasteiger partial charge on any atom is -0.309 e. The lowest BCUT2D eigenvalue weighted by Gasteiger charge is -2.17. The molecule has 10 aromatic carbocycles. The second-order valence-electron chi connectivity index (χ2n) is 16.4. The number of rotatable bonds is 6. The number of fused-ring (bicyclic) bond motifs is 8. The first-order valence-electron chi connectivity index (χ1n) is 21.7. The predicted octanol–water partition coefficient (Wildman–Crippen LogP) is 15.0. The van der Waals surface area contributed by atoms with Crippen molar-refractivity contribution in [3.8, 4) is 56.7 Å². The molecule has 0 aliphatic carbocycles. The summed E-state index contributed by atoms with van der Waals surface area (Å²) in [6.45, 7) is 0. The van der Waals surface area contributed by atoms with Gasteiger partial charge in [0.15, 0.2) is 17.5 Å². The van der Waals surface area contributed by atoms with Crippen LogP contribution in [-0.4, -0.2) is 24.1 Å². The van der Waals surface area contributed by atoms with Gasteiger partial charge in [-0.3, -0.25) is 0 Å². The van der Waals surface area contributed by atoms with Crippen LogP contribution >= 0.6 is 0 Å². The summed E-state index contributed by atoms with van der Waals surface area (Å²) in [7, 11) is 0. The zero-order valence-electron chi connectivity index (χ0n) is 34.6. The highest BCUT2D eigenvalue weighted by atomic mass is 15.1. The van der Waals surface area contributed by atoms with Crippen molar-refractivity contribution in [3.05, 3.63) is 224 Å². The summed E-state index contributed by atoms with van der Waals surface area (Å²) in [5.41, 5.74) is 11.5. The number of benzene rings is 10. The van der Waals surface area contributed by atoms with E-state index in [-0.39, 0.29) is 0 Å². The molecule has 0 fully saturated rings. The molecular formula is C59H37N5. The normalized spacial score (nSPS) is 11.8. The highest BCUT2D eigenvalue weighted by Crippen LogP contribution is 2.42. The lowest BCUT2D eigenvalue weighted by atomic mass is 10.0. The Balaban J connectivity index is 1.13. The molecule has 0 radical (unpaired) electrons. The summed E-state index contributed by atoms with van der Waals surface area (Å²) >= 11 is 0. The van der Waals surface area contributed by atoms with Gasteiger partial charge >= 0.3 is 0 Å². The van der Waals surface area contributed by atoms with Gasteiger partial charge < -0.3 is 9.13 Å². The van der Waals surface area contributed by atoms with Gasteiger partial charge in [-0.2, -0.15) is 0 Å². The van der Waals surface area contributed by atoms with Crippen molar-refractivity contribution >= 4 is 65.2 Å². The van der Waals surface area contributed by atoms with Gasteiger partial charge in [0.25, 0.3) is 0 Å². The molecule has 0 aliphatic rings. The van der Waals surface area contributed by atoms with E-state index in [9.17, 15) is 0 Å². The van der Waals surface area contributed by atoms with Crippen LogP contribution in [0.3, 0.4) is 0 Å². The Hall–Kier alpha value is -8.67. The van der Waals surface area contributed by atoms with E-state index in [0.717, 1.165) is 77.4 Å². The minimum atomic E-state index is 0.602. The number of hydrogen-bond donors (Lipinski definition) is 0. The van der Waals surface area contributed by atoms with Crippen molar-refractivity contribution in [1.29, 1.82) is 0 Å². The van der Waals surface area contributed by atoms with Crippen LogP contribution in [0.1, 0.15) is 0 Å². The molecule has 0 bridgehead atoms. The first kappa shape index (κ1) is 36.0. The molecule has 5 nitrogen and oxygen atoms in total. The van der Waals surface area contributed by atoms with E-state index in [1.807, 2.05) is 6.07 Å². The van der Waals surface area contributed by atoms with E-state index in [0.29, 0.717) is 17.5 Å². The maximum atomic E-state index is 5.60. The van der Waals surface area contributed by atoms with Crippen molar-refractivity contribution in [2.24, 2.45) is 0 Å². The molecule has 298 valence electrons. The molecular weight excluding hydrogens is 779 g/mol. The number of nitrogens with zero attached hydrogens (tertiary/aromatic N) is 5. The van der Waals surface area contributed by atoms with Gasteiger partial charge in [0, 0.05) is 38.4 Å². The molecule has 0 unspecified atom stereocenters. The number of hydrogen-bond acceptors (Lipinski definition) is 3. The third kappa shape index (κ3) is 5.68. The maximum absolute atomic E-state index is 5.60. The zero-order valence-corrected chi connectivity index (χ0v) is 34.6. The third-order valence-electron chi connectivity index (χ3n) is 12.7. The summed E-state index contributed by atoms with van der Waals surface area (Å²) in [4.78, 5) is 16.5. The quantitative estimate of drug-likeness (QED) is 0.168. The molecule has 5 heteroatoms. The van der Waals surface area contributed by atoms with E-state index < -0.39 is 0 Å². The van der Waals surface area contributed by atoms with Crippen LogP contribution in [0.25, 0.3) is 122 Å². The Morgan fingerprint density at radius 1 is 0.297 bits per heavy atom. The molecule has 0 aliphatic heterocycles. The van der Waals surface area contributed by atoms with Crippen molar-refractivity contribution in [3.63, 3.8) is 0 Å². The van der Waals surface area contributed by atoms with Crippen LogP contribution in [-0.2, 0) is 0 Å². The summed E-state index contributed by atoms with van der Waals surface area (Å²) in [6, 6.07) is 79.8. The molecule has 13 rings (SSSR count). The average Bonchev–Trinajstić information content (AvgIpc) is 3.88. The Bertz CT molecular complexity index is 3940. The minimum absolute atomic E-state index is 0.602. The van der Waals surface area contributed by atoms with E-state index in [1.54, 1.807) is 0 Å². The highest BCUT2D eigenvalue weighted by molar-refractivity contribution is 6.15. The fourth-order valence-electron chi connectivity index (χ4n) is 9.82. The van der Waals surface area contributed by atoms with Crippen LogP contribution in [0.5, 0.6) is 0 Å². The molecule has 3 aromatic heterocycles. The highest BCUT2D eigenvalue weighted by Gasteiger charge is 2.24. The average molecular weight is 816 g/mol. The lowest BCUT2D eigenvalue weighted by Crippen LogP contribution is -2.05. The summed E-state index contributed by atoms with van der Waals surface area (Å²) < 4.78 is 4.76. The monoisotopic (exact) mass is 815 g/mol. The topological polar surface area (TPSA) is 48.5 Å². The molecule has 0 amide bonds. The Labute approximate surface area is 368 Å². The largest absolute Gasteiger partial charge is 0.309 e. The van der Waals surface area contributed by atoms with Crippen molar-refractivity contribution in [2.75, 3.05) is 0 Å². The van der Waals surface area contributed by atoms with E-state index in [2.05, 4.69) is 228 Å². The van der Waals surface area contributed by atoms with Gasteiger partial charge in [-0.15, -0.1) is 0 Å². The number of aromatic nitrogens is 5. The van der Waals surface area contributed by atoms with Crippen LogP contribution < -0.4 is 0 Å². The summed E-state index contributed by atoms with van der Waals surface area (Å²) in [5.74, 6) is 1.81. The fraction of sp³-hybridized carbons (Fsp3) is 0. The second kappa shape index (κ2) is 14.5. The Kier molecular flexibility index (Phi) is 8.15. The standard InChI is InChI=1S/C59H37N5/c1-3-16-38(17-4-1)39-30-32-41(33-31-39)57-60-58(49-27-15-26-48-46-24-11-13-28-51(46)63(56(48)49)44-21-5-2-6-22-44)62-59(61-57)55-45-23-10-9-18-40(45)34-35-53(55)64-52-29-14-12-25-47(52)50-36-42-19-7-8-20-43(42)37-54(50)64/h1-37H. The molecule has 0 N–H and O–H groups in total. The maximum Gasteiger partial charge on any atom is 0.166 e. The fourth-order valence-corrected chi connectivity index (χ4v) is 9.82. The Morgan fingerprint density at radius 3 is 1.61 bits per heavy atom. The molecule has 13 aromatic rings. The van der Waals surface area contributed by atoms with Gasteiger partial charge in [0.1, 0.15) is 0 Å². The van der Waals surface area contributed by atoms with Crippen molar-refractivity contribution < 1.29 is 0 Å². The van der Waals surface area contributed by atoms with Gasteiger partial charge in [-0.25, -0.2) is 15.0 Å². The van der Waals surface area contributed by atoms with Crippen molar-refractivity contribution in [2.45, 2.75) is 0 Å². The molecule has 0 saturated carbocycles. The first-order valence-corrected chi connectivity index (χ1v) is 21.7. The van der Waals surface area contributed by atoms with Gasteiger partial charge in [0.2, 0.25) is 0 Å². The van der Waals surface area contributed by atoms with Gasteiger partial charge in [0.05, 0.1) is 33.3 Å². The van der Waals surface area contributed by atoms with E-state index in [4.69, 9.17) is 15.0 Å². The third-order valence-corrected chi connectivity index (χ3v) is 12.7. The molecule has 3 heterocycles. The van der Waals surface area contributed by atoms with Gasteiger partial charge in [-0.1, -0.05) is 176 Å². The Morgan fingerprint density at radius 2 is 0.844 bits per heavy atom. The lowest BCUT2D eigenvalue weighted by molar-refractivity contribution is 1.07. The summed E-state index contributed by atoms with van der Waals surface area (Å²) in [6.07, 6.45) is 0. The molecule has 64 heavy (non-hydrogen) atoms. The zero-order chi connectivity index (χ0) is 42.1. The molecule has 0 spiro atoms.